The maximum absolute atomic E-state index is 13.8. The number of carbonyl (C=O) groups excluding carboxylic acids is 2. The molecule has 1 aliphatic rings. The molecule has 1 aliphatic heterocycles. The first-order valence-corrected chi connectivity index (χ1v) is 11.8. The van der Waals surface area contributed by atoms with Crippen LogP contribution in [0.1, 0.15) is 28.6 Å². The third-order valence-corrected chi connectivity index (χ3v) is 6.59. The molecule has 0 bridgehead atoms. The summed E-state index contributed by atoms with van der Waals surface area (Å²) in [7, 11) is 1.66. The summed E-state index contributed by atoms with van der Waals surface area (Å²) < 4.78 is 5.61. The van der Waals surface area contributed by atoms with Gasteiger partial charge in [0.15, 0.2) is 0 Å². The summed E-state index contributed by atoms with van der Waals surface area (Å²) in [5.41, 5.74) is 3.72. The van der Waals surface area contributed by atoms with Crippen molar-refractivity contribution in [3.63, 3.8) is 0 Å². The molecule has 0 radical (unpaired) electrons. The third kappa shape index (κ3) is 4.66. The molecule has 1 saturated heterocycles. The molecule has 5 rings (SSSR count). The number of ether oxygens (including phenoxy) is 1. The number of rotatable bonds is 6. The number of nitrogens with one attached hydrogen (secondary N) is 1. The van der Waals surface area contributed by atoms with Crippen molar-refractivity contribution >= 4 is 22.7 Å². The lowest BCUT2D eigenvalue weighted by Gasteiger charge is -2.26. The number of fused-ring (bicyclic) bond motifs is 1. The lowest BCUT2D eigenvalue weighted by molar-refractivity contribution is 0.0683. The Morgan fingerprint density at radius 1 is 0.971 bits per heavy atom. The number of aromatic nitrogens is 1. The lowest BCUT2D eigenvalue weighted by Crippen LogP contribution is -2.43. The van der Waals surface area contributed by atoms with Crippen LogP contribution in [0.5, 0.6) is 0 Å². The van der Waals surface area contributed by atoms with Crippen molar-refractivity contribution in [2.45, 2.75) is 18.6 Å². The Labute approximate surface area is 206 Å². The number of nitrogens with zero attached hydrogens (tertiary/aromatic N) is 2. The molecule has 2 atom stereocenters. The van der Waals surface area contributed by atoms with Crippen LogP contribution in [-0.4, -0.2) is 54.0 Å². The van der Waals surface area contributed by atoms with Gasteiger partial charge in [-0.3, -0.25) is 14.6 Å². The predicted octanol–water partition coefficient (Wildman–Crippen LogP) is 4.81. The van der Waals surface area contributed by atoms with Gasteiger partial charge in [0.25, 0.3) is 11.8 Å². The molecular weight excluding hydrogens is 438 g/mol. The molecule has 6 heteroatoms. The van der Waals surface area contributed by atoms with Crippen LogP contribution in [-0.2, 0) is 4.74 Å². The van der Waals surface area contributed by atoms with Gasteiger partial charge in [0.05, 0.1) is 23.2 Å². The van der Waals surface area contributed by atoms with Crippen LogP contribution in [0.2, 0.25) is 0 Å². The smallest absolute Gasteiger partial charge is 0.254 e. The molecule has 2 amide bonds. The molecular formula is C29H29N3O3. The molecule has 0 unspecified atom stereocenters. The van der Waals surface area contributed by atoms with E-state index in [9.17, 15) is 9.59 Å². The van der Waals surface area contributed by atoms with E-state index in [2.05, 4.69) is 10.3 Å². The molecule has 3 aromatic carbocycles. The molecule has 1 N–H and O–H groups in total. The minimum atomic E-state index is -0.202. The van der Waals surface area contributed by atoms with Crippen molar-refractivity contribution in [3.05, 3.63) is 102 Å². The van der Waals surface area contributed by atoms with Crippen LogP contribution < -0.4 is 5.32 Å². The lowest BCUT2D eigenvalue weighted by atomic mass is 9.98. The Balaban J connectivity index is 0.00000304. The number of likely N-dealkylation sites (tertiary alicyclic amines) is 1. The molecule has 0 saturated carbocycles. The summed E-state index contributed by atoms with van der Waals surface area (Å²) in [5, 5.41) is 3.94. The molecule has 4 aromatic rings. The zero-order chi connectivity index (χ0) is 24.2. The summed E-state index contributed by atoms with van der Waals surface area (Å²) in [4.78, 5) is 33.0. The number of pyridine rings is 1. The first kappa shape index (κ1) is 22.7. The van der Waals surface area contributed by atoms with Crippen molar-refractivity contribution in [1.82, 2.24) is 15.2 Å². The van der Waals surface area contributed by atoms with E-state index in [4.69, 9.17) is 4.74 Å². The highest BCUT2D eigenvalue weighted by Crippen LogP contribution is 2.28. The summed E-state index contributed by atoms with van der Waals surface area (Å²) in [6, 6.07) is 26.7. The summed E-state index contributed by atoms with van der Waals surface area (Å²) >= 11 is 0. The highest BCUT2D eigenvalue weighted by molar-refractivity contribution is 6.05. The second-order valence-corrected chi connectivity index (χ2v) is 8.71. The molecule has 0 aliphatic carbocycles. The summed E-state index contributed by atoms with van der Waals surface area (Å²) in [6.07, 6.45) is 2.26. The van der Waals surface area contributed by atoms with Gasteiger partial charge in [-0.25, -0.2) is 0 Å². The van der Waals surface area contributed by atoms with Crippen molar-refractivity contribution in [3.8, 4) is 11.1 Å². The molecule has 0 spiro atoms. The zero-order valence-electron chi connectivity index (χ0n) is 19.6. The maximum atomic E-state index is 13.8. The van der Waals surface area contributed by atoms with Crippen LogP contribution in [0.25, 0.3) is 22.0 Å². The van der Waals surface area contributed by atoms with E-state index in [1.165, 1.54) is 0 Å². The van der Waals surface area contributed by atoms with Crippen molar-refractivity contribution in [2.24, 2.45) is 0 Å². The second-order valence-electron chi connectivity index (χ2n) is 8.71. The van der Waals surface area contributed by atoms with E-state index >= 15 is 0 Å². The number of methoxy groups -OCH3 is 1. The van der Waals surface area contributed by atoms with Crippen molar-refractivity contribution in [2.75, 3.05) is 20.2 Å². The topological polar surface area (TPSA) is 71.5 Å². The Hall–Kier alpha value is -4.03. The average molecular weight is 468 g/mol. The number of carbonyl (C=O) groups is 2. The number of amides is 2. The van der Waals surface area contributed by atoms with Gasteiger partial charge in [-0.15, -0.1) is 0 Å². The molecule has 6 nitrogen and oxygen atoms in total. The average Bonchev–Trinajstić information content (AvgIpc) is 3.35. The van der Waals surface area contributed by atoms with Gasteiger partial charge >= 0.3 is 0 Å². The molecule has 35 heavy (non-hydrogen) atoms. The van der Waals surface area contributed by atoms with Gasteiger partial charge in [0, 0.05) is 38.8 Å². The molecule has 1 fully saturated rings. The Bertz CT molecular complexity index is 1360. The van der Waals surface area contributed by atoms with Gasteiger partial charge in [0.2, 0.25) is 0 Å². The monoisotopic (exact) mass is 467 g/mol. The van der Waals surface area contributed by atoms with E-state index in [-0.39, 0.29) is 25.4 Å². The molecule has 178 valence electrons. The van der Waals surface area contributed by atoms with Crippen LogP contribution in [0.4, 0.5) is 0 Å². The van der Waals surface area contributed by atoms with Gasteiger partial charge in [-0.1, -0.05) is 66.7 Å². The second kappa shape index (κ2) is 10.1. The molecule has 2 heterocycles. The summed E-state index contributed by atoms with van der Waals surface area (Å²) in [6.45, 7) is 0.815. The first-order chi connectivity index (χ1) is 17.2. The fourth-order valence-corrected chi connectivity index (χ4v) is 4.77. The van der Waals surface area contributed by atoms with Crippen LogP contribution >= 0.6 is 0 Å². The Morgan fingerprint density at radius 3 is 2.54 bits per heavy atom. The van der Waals surface area contributed by atoms with Crippen molar-refractivity contribution in [1.29, 1.82) is 0 Å². The van der Waals surface area contributed by atoms with E-state index in [0.29, 0.717) is 36.2 Å². The van der Waals surface area contributed by atoms with Crippen molar-refractivity contribution < 1.29 is 15.8 Å². The zero-order valence-corrected chi connectivity index (χ0v) is 19.6. The van der Waals surface area contributed by atoms with Crippen LogP contribution in [0.3, 0.4) is 0 Å². The van der Waals surface area contributed by atoms with Gasteiger partial charge in [-0.05, 0) is 35.7 Å². The SMILES string of the molecule is CO[C@@H]1C[C@@H](CNC(=O)c2cccc3cccnc23)N(C(=O)c2ccccc2-c2ccccc2)C1.[HH]. The minimum Gasteiger partial charge on any atom is -0.380 e. The summed E-state index contributed by atoms with van der Waals surface area (Å²) in [5.74, 6) is -0.262. The quantitative estimate of drug-likeness (QED) is 0.442. The van der Waals surface area contributed by atoms with E-state index in [1.807, 2.05) is 83.8 Å². The van der Waals surface area contributed by atoms with Crippen LogP contribution in [0, 0.1) is 0 Å². The number of benzene rings is 3. The fraction of sp³-hybridized carbons (Fsp3) is 0.207. The van der Waals surface area contributed by atoms with E-state index < -0.39 is 0 Å². The van der Waals surface area contributed by atoms with Gasteiger partial charge < -0.3 is 15.0 Å². The van der Waals surface area contributed by atoms with E-state index in [0.717, 1.165) is 16.5 Å². The minimum absolute atomic E-state index is 0. The highest BCUT2D eigenvalue weighted by atomic mass is 16.5. The fourth-order valence-electron chi connectivity index (χ4n) is 4.77. The standard InChI is InChI=1S/C29H27N3O3.H2/c1-35-23-17-22(18-31-28(33)26-15-7-11-21-12-8-16-30-27(21)26)32(19-23)29(34)25-14-6-5-13-24(25)20-9-3-2-4-10-20;/h2-16,22-23H,17-19H2,1H3,(H,31,33);1H/t22-,23+;/m0./s1. The first-order valence-electron chi connectivity index (χ1n) is 11.8. The van der Waals surface area contributed by atoms with Crippen LogP contribution in [0.15, 0.2) is 91.1 Å². The Morgan fingerprint density at radius 2 is 1.71 bits per heavy atom. The van der Waals surface area contributed by atoms with Gasteiger partial charge in [0.1, 0.15) is 0 Å². The number of hydrogen-bond donors (Lipinski definition) is 1. The van der Waals surface area contributed by atoms with E-state index in [1.54, 1.807) is 19.4 Å². The molecule has 1 aromatic heterocycles. The third-order valence-electron chi connectivity index (χ3n) is 6.59. The largest absolute Gasteiger partial charge is 0.380 e. The highest BCUT2D eigenvalue weighted by Gasteiger charge is 2.36. The maximum Gasteiger partial charge on any atom is 0.254 e. The number of hydrogen-bond acceptors (Lipinski definition) is 4. The number of para-hydroxylation sites is 1. The predicted molar refractivity (Wildman–Crippen MR) is 138 cm³/mol. The van der Waals surface area contributed by atoms with Gasteiger partial charge in [-0.2, -0.15) is 0 Å². The Kier molecular flexibility index (Phi) is 6.55. The normalized spacial score (nSPS) is 17.5.